The van der Waals surface area contributed by atoms with Crippen LogP contribution in [0.2, 0.25) is 0 Å². The number of ketones is 1. The zero-order chi connectivity index (χ0) is 15.3. The lowest BCUT2D eigenvalue weighted by Gasteiger charge is -2.20. The van der Waals surface area contributed by atoms with Crippen LogP contribution in [0.4, 0.5) is 0 Å². The highest BCUT2D eigenvalue weighted by molar-refractivity contribution is 5.81. The van der Waals surface area contributed by atoms with Crippen LogP contribution in [0.25, 0.3) is 0 Å². The highest BCUT2D eigenvalue weighted by Gasteiger charge is 2.14. The number of methoxy groups -OCH3 is 1. The molecule has 0 aliphatic carbocycles. The second kappa shape index (κ2) is 6.84. The van der Waals surface area contributed by atoms with E-state index in [1.807, 2.05) is 13.8 Å². The summed E-state index contributed by atoms with van der Waals surface area (Å²) in [6.45, 7) is 10.9. The summed E-state index contributed by atoms with van der Waals surface area (Å²) < 4.78 is 5.36. The first-order valence-corrected chi connectivity index (χ1v) is 7.00. The zero-order valence-electron chi connectivity index (χ0n) is 13.5. The van der Waals surface area contributed by atoms with E-state index in [0.717, 1.165) is 22.6 Å². The van der Waals surface area contributed by atoms with Crippen molar-refractivity contribution in [1.29, 1.82) is 0 Å². The van der Waals surface area contributed by atoms with Crippen LogP contribution in [-0.2, 0) is 11.2 Å². The first kappa shape index (κ1) is 16.6. The van der Waals surface area contributed by atoms with Gasteiger partial charge in [-0.25, -0.2) is 0 Å². The van der Waals surface area contributed by atoms with Crippen molar-refractivity contribution in [2.75, 3.05) is 13.7 Å². The van der Waals surface area contributed by atoms with Crippen molar-refractivity contribution in [3.63, 3.8) is 0 Å². The molecule has 1 N–H and O–H groups in total. The standard InChI is InChI=1S/C16H26N2O2/c1-11-10-17-14(12(2)15(11)20-6)9-13(19)7-8-18-16(3,4)5/h10,18H,7-9H2,1-6H3. The van der Waals surface area contributed by atoms with Crippen LogP contribution in [0.3, 0.4) is 0 Å². The molecule has 0 aliphatic rings. The van der Waals surface area contributed by atoms with E-state index in [4.69, 9.17) is 4.74 Å². The molecule has 0 aromatic carbocycles. The number of hydrogen-bond acceptors (Lipinski definition) is 4. The lowest BCUT2D eigenvalue weighted by Crippen LogP contribution is -2.37. The lowest BCUT2D eigenvalue weighted by atomic mass is 10.0. The summed E-state index contributed by atoms with van der Waals surface area (Å²) in [6, 6.07) is 0. The molecule has 1 heterocycles. The van der Waals surface area contributed by atoms with Gasteiger partial charge in [0.05, 0.1) is 12.8 Å². The largest absolute Gasteiger partial charge is 0.496 e. The number of nitrogens with zero attached hydrogens (tertiary/aromatic N) is 1. The first-order chi connectivity index (χ1) is 9.24. The average molecular weight is 278 g/mol. The Morgan fingerprint density at radius 1 is 1.35 bits per heavy atom. The van der Waals surface area contributed by atoms with Crippen LogP contribution in [0, 0.1) is 13.8 Å². The van der Waals surface area contributed by atoms with Crippen molar-refractivity contribution in [1.82, 2.24) is 10.3 Å². The van der Waals surface area contributed by atoms with Gasteiger partial charge in [-0.1, -0.05) is 0 Å². The molecule has 0 radical (unpaired) electrons. The third-order valence-corrected chi connectivity index (χ3v) is 3.17. The quantitative estimate of drug-likeness (QED) is 0.869. The lowest BCUT2D eigenvalue weighted by molar-refractivity contribution is -0.118. The molecular formula is C16H26N2O2. The molecule has 20 heavy (non-hydrogen) atoms. The normalized spacial score (nSPS) is 11.5. The SMILES string of the molecule is COc1c(C)cnc(CC(=O)CCNC(C)(C)C)c1C. The van der Waals surface area contributed by atoms with Crippen molar-refractivity contribution < 1.29 is 9.53 Å². The van der Waals surface area contributed by atoms with Gasteiger partial charge in [0.1, 0.15) is 11.5 Å². The van der Waals surface area contributed by atoms with Crippen molar-refractivity contribution in [3.05, 3.63) is 23.0 Å². The van der Waals surface area contributed by atoms with Gasteiger partial charge in [-0.05, 0) is 34.6 Å². The highest BCUT2D eigenvalue weighted by Crippen LogP contribution is 2.24. The number of Topliss-reactive ketones (excluding diaryl/α,β-unsaturated/α-hetero) is 1. The monoisotopic (exact) mass is 278 g/mol. The van der Waals surface area contributed by atoms with Gasteiger partial charge < -0.3 is 10.1 Å². The Morgan fingerprint density at radius 3 is 2.55 bits per heavy atom. The summed E-state index contributed by atoms with van der Waals surface area (Å²) in [5.41, 5.74) is 2.81. The summed E-state index contributed by atoms with van der Waals surface area (Å²) in [5.74, 6) is 1.03. The van der Waals surface area contributed by atoms with Gasteiger partial charge in [0.15, 0.2) is 0 Å². The zero-order valence-corrected chi connectivity index (χ0v) is 13.5. The Hall–Kier alpha value is -1.42. The molecule has 0 aliphatic heterocycles. The molecule has 1 aromatic heterocycles. The van der Waals surface area contributed by atoms with E-state index in [-0.39, 0.29) is 11.3 Å². The minimum atomic E-state index is 0.0432. The third-order valence-electron chi connectivity index (χ3n) is 3.17. The number of carbonyl (C=O) groups is 1. The Morgan fingerprint density at radius 2 is 2.00 bits per heavy atom. The van der Waals surface area contributed by atoms with E-state index in [2.05, 4.69) is 31.1 Å². The van der Waals surface area contributed by atoms with Gasteiger partial charge in [0.25, 0.3) is 0 Å². The smallest absolute Gasteiger partial charge is 0.140 e. The number of rotatable bonds is 6. The topological polar surface area (TPSA) is 51.2 Å². The predicted molar refractivity (Wildman–Crippen MR) is 81.3 cm³/mol. The fraction of sp³-hybridized carbons (Fsp3) is 0.625. The summed E-state index contributed by atoms with van der Waals surface area (Å²) in [6.07, 6.45) is 2.66. The van der Waals surface area contributed by atoms with Crippen LogP contribution >= 0.6 is 0 Å². The molecule has 0 unspecified atom stereocenters. The first-order valence-electron chi connectivity index (χ1n) is 7.00. The minimum absolute atomic E-state index is 0.0432. The maximum absolute atomic E-state index is 12.0. The number of carbonyl (C=O) groups excluding carboxylic acids is 1. The minimum Gasteiger partial charge on any atom is -0.496 e. The second-order valence-corrected chi connectivity index (χ2v) is 6.19. The molecule has 0 spiro atoms. The summed E-state index contributed by atoms with van der Waals surface area (Å²) >= 11 is 0. The van der Waals surface area contributed by atoms with Crippen LogP contribution in [-0.4, -0.2) is 30.0 Å². The number of aryl methyl sites for hydroxylation is 1. The molecule has 112 valence electrons. The van der Waals surface area contributed by atoms with Crippen molar-refractivity contribution >= 4 is 5.78 Å². The van der Waals surface area contributed by atoms with Gasteiger partial charge in [0.2, 0.25) is 0 Å². The molecular weight excluding hydrogens is 252 g/mol. The Kier molecular flexibility index (Phi) is 5.69. The van der Waals surface area contributed by atoms with Gasteiger partial charge >= 0.3 is 0 Å². The second-order valence-electron chi connectivity index (χ2n) is 6.19. The summed E-state index contributed by atoms with van der Waals surface area (Å²) in [7, 11) is 1.65. The Balaban J connectivity index is 2.63. The molecule has 4 nitrogen and oxygen atoms in total. The van der Waals surface area contributed by atoms with Crippen molar-refractivity contribution in [2.45, 2.75) is 53.0 Å². The molecule has 0 fully saturated rings. The van der Waals surface area contributed by atoms with E-state index in [0.29, 0.717) is 19.4 Å². The van der Waals surface area contributed by atoms with Gasteiger partial charge in [-0.15, -0.1) is 0 Å². The Labute approximate surface area is 121 Å². The third kappa shape index (κ3) is 4.93. The predicted octanol–water partition coefficient (Wildman–Crippen LogP) is 2.60. The van der Waals surface area contributed by atoms with Crippen LogP contribution in [0.15, 0.2) is 6.20 Å². The average Bonchev–Trinajstić information content (AvgIpc) is 2.32. The van der Waals surface area contributed by atoms with E-state index in [9.17, 15) is 4.79 Å². The van der Waals surface area contributed by atoms with Crippen LogP contribution in [0.1, 0.15) is 44.0 Å². The van der Waals surface area contributed by atoms with Crippen LogP contribution < -0.4 is 10.1 Å². The van der Waals surface area contributed by atoms with Gasteiger partial charge in [-0.2, -0.15) is 0 Å². The molecule has 0 bridgehead atoms. The maximum Gasteiger partial charge on any atom is 0.140 e. The van der Waals surface area contributed by atoms with E-state index >= 15 is 0 Å². The molecule has 1 rings (SSSR count). The summed E-state index contributed by atoms with van der Waals surface area (Å²) in [5, 5.41) is 3.32. The molecule has 0 atom stereocenters. The van der Waals surface area contributed by atoms with Crippen LogP contribution in [0.5, 0.6) is 5.75 Å². The number of nitrogens with one attached hydrogen (secondary N) is 1. The molecule has 0 saturated heterocycles. The fourth-order valence-electron chi connectivity index (χ4n) is 2.10. The molecule has 4 heteroatoms. The number of hydrogen-bond donors (Lipinski definition) is 1. The van der Waals surface area contributed by atoms with E-state index < -0.39 is 0 Å². The molecule has 0 amide bonds. The fourth-order valence-corrected chi connectivity index (χ4v) is 2.10. The molecule has 1 aromatic rings. The number of pyridine rings is 1. The Bertz CT molecular complexity index is 476. The summed E-state index contributed by atoms with van der Waals surface area (Å²) in [4.78, 5) is 16.4. The van der Waals surface area contributed by atoms with E-state index in [1.165, 1.54) is 0 Å². The highest BCUT2D eigenvalue weighted by atomic mass is 16.5. The number of ether oxygens (including phenoxy) is 1. The van der Waals surface area contributed by atoms with Gasteiger partial charge in [0, 0.05) is 42.2 Å². The van der Waals surface area contributed by atoms with Crippen molar-refractivity contribution in [2.24, 2.45) is 0 Å². The van der Waals surface area contributed by atoms with Gasteiger partial charge in [-0.3, -0.25) is 9.78 Å². The number of aromatic nitrogens is 1. The van der Waals surface area contributed by atoms with E-state index in [1.54, 1.807) is 13.3 Å². The van der Waals surface area contributed by atoms with Crippen molar-refractivity contribution in [3.8, 4) is 5.75 Å². The molecule has 0 saturated carbocycles. The maximum atomic E-state index is 12.0.